The van der Waals surface area contributed by atoms with Crippen molar-refractivity contribution in [2.45, 2.75) is 39.5 Å². The summed E-state index contributed by atoms with van der Waals surface area (Å²) in [4.78, 5) is 15.7. The maximum atomic E-state index is 11.5. The SMILES string of the molecule is CCCCCC(=O)Nc1nc(C(C)=NO)cs1. The van der Waals surface area contributed by atoms with Crippen LogP contribution in [0.15, 0.2) is 10.5 Å². The lowest BCUT2D eigenvalue weighted by atomic mass is 10.2. The minimum absolute atomic E-state index is 0.0158. The van der Waals surface area contributed by atoms with Gasteiger partial charge >= 0.3 is 0 Å². The Labute approximate surface area is 105 Å². The van der Waals surface area contributed by atoms with Gasteiger partial charge in [-0.05, 0) is 13.3 Å². The van der Waals surface area contributed by atoms with Gasteiger partial charge in [-0.3, -0.25) is 4.79 Å². The van der Waals surface area contributed by atoms with Gasteiger partial charge in [0.15, 0.2) is 5.13 Å². The Hall–Kier alpha value is -1.43. The topological polar surface area (TPSA) is 74.6 Å². The molecule has 0 saturated heterocycles. The number of hydrogen-bond acceptors (Lipinski definition) is 5. The maximum absolute atomic E-state index is 11.5. The van der Waals surface area contributed by atoms with E-state index in [-0.39, 0.29) is 5.91 Å². The van der Waals surface area contributed by atoms with Crippen LogP contribution in [0.2, 0.25) is 0 Å². The van der Waals surface area contributed by atoms with Gasteiger partial charge in [-0.2, -0.15) is 0 Å². The molecule has 5 nitrogen and oxygen atoms in total. The molecule has 2 N–H and O–H groups in total. The van der Waals surface area contributed by atoms with Gasteiger partial charge in [-0.1, -0.05) is 24.9 Å². The second-order valence-corrected chi connectivity index (χ2v) is 4.59. The number of oxime groups is 1. The van der Waals surface area contributed by atoms with E-state index in [2.05, 4.69) is 22.4 Å². The first-order chi connectivity index (χ1) is 8.17. The number of nitrogens with zero attached hydrogens (tertiary/aromatic N) is 2. The van der Waals surface area contributed by atoms with Crippen molar-refractivity contribution in [3.8, 4) is 0 Å². The van der Waals surface area contributed by atoms with Crippen molar-refractivity contribution in [1.82, 2.24) is 4.98 Å². The zero-order valence-electron chi connectivity index (χ0n) is 10.1. The summed E-state index contributed by atoms with van der Waals surface area (Å²) in [7, 11) is 0. The van der Waals surface area contributed by atoms with Crippen LogP contribution in [-0.4, -0.2) is 21.8 Å². The third-order valence-electron chi connectivity index (χ3n) is 2.28. The summed E-state index contributed by atoms with van der Waals surface area (Å²) in [6, 6.07) is 0. The van der Waals surface area contributed by atoms with Crippen LogP contribution in [-0.2, 0) is 4.79 Å². The van der Waals surface area contributed by atoms with Gasteiger partial charge in [0.2, 0.25) is 5.91 Å². The molecule has 17 heavy (non-hydrogen) atoms. The summed E-state index contributed by atoms with van der Waals surface area (Å²) in [5.41, 5.74) is 1.02. The minimum atomic E-state index is -0.0158. The molecule has 1 aromatic rings. The third kappa shape index (κ3) is 4.52. The average Bonchev–Trinajstić information content (AvgIpc) is 2.77. The van der Waals surface area contributed by atoms with Gasteiger partial charge in [-0.15, -0.1) is 11.3 Å². The third-order valence-corrected chi connectivity index (χ3v) is 3.04. The highest BCUT2D eigenvalue weighted by atomic mass is 32.1. The molecule has 0 saturated carbocycles. The van der Waals surface area contributed by atoms with E-state index in [1.807, 2.05) is 0 Å². The van der Waals surface area contributed by atoms with E-state index in [9.17, 15) is 4.79 Å². The van der Waals surface area contributed by atoms with Crippen molar-refractivity contribution in [2.75, 3.05) is 5.32 Å². The lowest BCUT2D eigenvalue weighted by Crippen LogP contribution is -2.11. The quantitative estimate of drug-likeness (QED) is 0.355. The van der Waals surface area contributed by atoms with Gasteiger partial charge in [0.1, 0.15) is 11.4 Å². The molecule has 0 atom stereocenters. The number of thiazole rings is 1. The van der Waals surface area contributed by atoms with Crippen molar-refractivity contribution >= 4 is 28.1 Å². The maximum Gasteiger partial charge on any atom is 0.226 e. The van der Waals surface area contributed by atoms with Gasteiger partial charge in [0.05, 0.1) is 0 Å². The molecule has 0 aliphatic heterocycles. The predicted molar refractivity (Wildman–Crippen MR) is 68.9 cm³/mol. The molecule has 0 aliphatic rings. The average molecular weight is 255 g/mol. The normalized spacial score (nSPS) is 11.5. The van der Waals surface area contributed by atoms with Crippen LogP contribution in [0, 0.1) is 0 Å². The van der Waals surface area contributed by atoms with Crippen LogP contribution in [0.4, 0.5) is 5.13 Å². The second-order valence-electron chi connectivity index (χ2n) is 3.73. The van der Waals surface area contributed by atoms with Crippen molar-refractivity contribution in [3.63, 3.8) is 0 Å². The van der Waals surface area contributed by atoms with Crippen LogP contribution in [0.5, 0.6) is 0 Å². The van der Waals surface area contributed by atoms with E-state index < -0.39 is 0 Å². The lowest BCUT2D eigenvalue weighted by molar-refractivity contribution is -0.116. The highest BCUT2D eigenvalue weighted by Crippen LogP contribution is 2.16. The van der Waals surface area contributed by atoms with Crippen LogP contribution in [0.25, 0.3) is 0 Å². The number of hydrogen-bond donors (Lipinski definition) is 2. The molecule has 1 aromatic heterocycles. The van der Waals surface area contributed by atoms with E-state index in [1.54, 1.807) is 12.3 Å². The zero-order valence-corrected chi connectivity index (χ0v) is 10.9. The number of carbonyl (C=O) groups excluding carboxylic acids is 1. The number of unbranched alkanes of at least 4 members (excludes halogenated alkanes) is 2. The summed E-state index contributed by atoms with van der Waals surface area (Å²) in [5, 5.41) is 16.7. The van der Waals surface area contributed by atoms with E-state index in [0.29, 0.717) is 23.0 Å². The van der Waals surface area contributed by atoms with Gasteiger partial charge in [0, 0.05) is 11.8 Å². The van der Waals surface area contributed by atoms with Crippen molar-refractivity contribution in [2.24, 2.45) is 5.16 Å². The van der Waals surface area contributed by atoms with Crippen molar-refractivity contribution in [1.29, 1.82) is 0 Å². The summed E-state index contributed by atoms with van der Waals surface area (Å²) in [6.45, 7) is 3.75. The number of anilines is 1. The first kappa shape index (κ1) is 13.6. The standard InChI is InChI=1S/C11H17N3O2S/c1-3-4-5-6-10(15)13-11-12-9(7-17-11)8(2)14-16/h7,16H,3-6H2,1-2H3,(H,12,13,15). The predicted octanol–water partition coefficient (Wildman–Crippen LogP) is 2.86. The van der Waals surface area contributed by atoms with Crippen LogP contribution in [0.3, 0.4) is 0 Å². The summed E-state index contributed by atoms with van der Waals surface area (Å²) in [6.07, 6.45) is 3.58. The zero-order chi connectivity index (χ0) is 12.7. The monoisotopic (exact) mass is 255 g/mol. The van der Waals surface area contributed by atoms with E-state index in [4.69, 9.17) is 5.21 Å². The Morgan fingerprint density at radius 1 is 1.59 bits per heavy atom. The highest BCUT2D eigenvalue weighted by Gasteiger charge is 2.08. The summed E-state index contributed by atoms with van der Waals surface area (Å²) >= 11 is 1.33. The van der Waals surface area contributed by atoms with E-state index >= 15 is 0 Å². The molecule has 0 spiro atoms. The van der Waals surface area contributed by atoms with Gasteiger partial charge in [-0.25, -0.2) is 4.98 Å². The number of carbonyl (C=O) groups is 1. The van der Waals surface area contributed by atoms with Gasteiger partial charge < -0.3 is 10.5 Å². The molecular weight excluding hydrogens is 238 g/mol. The van der Waals surface area contributed by atoms with Crippen LogP contribution in [0.1, 0.15) is 45.2 Å². The van der Waals surface area contributed by atoms with E-state index in [1.165, 1.54) is 11.3 Å². The minimum Gasteiger partial charge on any atom is -0.411 e. The summed E-state index contributed by atoms with van der Waals surface area (Å²) in [5.74, 6) is -0.0158. The number of aromatic nitrogens is 1. The number of rotatable bonds is 6. The molecular formula is C11H17N3O2S. The Morgan fingerprint density at radius 3 is 3.00 bits per heavy atom. The van der Waals surface area contributed by atoms with Crippen molar-refractivity contribution in [3.05, 3.63) is 11.1 Å². The number of nitrogens with one attached hydrogen (secondary N) is 1. The Kier molecular flexibility index (Phi) is 5.62. The molecule has 1 rings (SSSR count). The molecule has 0 fully saturated rings. The molecule has 0 radical (unpaired) electrons. The summed E-state index contributed by atoms with van der Waals surface area (Å²) < 4.78 is 0. The van der Waals surface area contributed by atoms with Gasteiger partial charge in [0.25, 0.3) is 0 Å². The molecule has 1 heterocycles. The molecule has 0 aromatic carbocycles. The Morgan fingerprint density at radius 2 is 2.35 bits per heavy atom. The Bertz CT molecular complexity index is 401. The fourth-order valence-electron chi connectivity index (χ4n) is 1.27. The molecule has 6 heteroatoms. The first-order valence-electron chi connectivity index (χ1n) is 5.61. The largest absolute Gasteiger partial charge is 0.411 e. The molecule has 1 amide bonds. The Balaban J connectivity index is 2.46. The second kappa shape index (κ2) is 7.01. The fraction of sp³-hybridized carbons (Fsp3) is 0.545. The highest BCUT2D eigenvalue weighted by molar-refractivity contribution is 7.14. The molecule has 0 bridgehead atoms. The molecule has 0 unspecified atom stereocenters. The van der Waals surface area contributed by atoms with Crippen molar-refractivity contribution < 1.29 is 10.0 Å². The van der Waals surface area contributed by atoms with Crippen LogP contribution < -0.4 is 5.32 Å². The van der Waals surface area contributed by atoms with Crippen LogP contribution >= 0.6 is 11.3 Å². The fourth-order valence-corrected chi connectivity index (χ4v) is 2.04. The first-order valence-corrected chi connectivity index (χ1v) is 6.49. The number of amides is 1. The lowest BCUT2D eigenvalue weighted by Gasteiger charge is -2.00. The molecule has 0 aliphatic carbocycles. The smallest absolute Gasteiger partial charge is 0.226 e. The van der Waals surface area contributed by atoms with E-state index in [0.717, 1.165) is 19.3 Å². The molecule has 94 valence electrons.